The monoisotopic (exact) mass is 279 g/mol. The maximum Gasteiger partial charge on any atom is 0.320 e. The van der Waals surface area contributed by atoms with Crippen LogP contribution in [0, 0.1) is 0 Å². The van der Waals surface area contributed by atoms with Crippen LogP contribution in [0.2, 0.25) is 0 Å². The predicted octanol–water partition coefficient (Wildman–Crippen LogP) is -0.411. The molecule has 110 valence electrons. The summed E-state index contributed by atoms with van der Waals surface area (Å²) in [6, 6.07) is -1.06. The Bertz CT molecular complexity index is 313. The number of rotatable bonds is 8. The smallest absolute Gasteiger partial charge is 0.320 e. The number of carbonyl (C=O) groups is 4. The van der Waals surface area contributed by atoms with Crippen molar-refractivity contribution in [3.63, 3.8) is 0 Å². The van der Waals surface area contributed by atoms with Crippen LogP contribution in [0.3, 0.4) is 0 Å². The van der Waals surface area contributed by atoms with Gasteiger partial charge in [0.25, 0.3) is 0 Å². The third-order valence-electron chi connectivity index (χ3n) is 1.77. The summed E-state index contributed by atoms with van der Waals surface area (Å²) in [6.45, 7) is 0. The zero-order chi connectivity index (χ0) is 15.4. The van der Waals surface area contributed by atoms with Crippen LogP contribution in [0.15, 0.2) is 0 Å². The summed E-state index contributed by atoms with van der Waals surface area (Å²) in [7, 11) is 0. The van der Waals surface area contributed by atoms with E-state index >= 15 is 0 Å². The van der Waals surface area contributed by atoms with Crippen molar-refractivity contribution in [3.05, 3.63) is 0 Å². The van der Waals surface area contributed by atoms with Crippen molar-refractivity contribution in [1.82, 2.24) is 0 Å². The molecule has 1 atom stereocenters. The first-order valence-corrected chi connectivity index (χ1v) is 5.30. The van der Waals surface area contributed by atoms with Crippen LogP contribution in [-0.2, 0) is 19.2 Å². The van der Waals surface area contributed by atoms with Crippen LogP contribution in [0.1, 0.15) is 32.1 Å². The first-order chi connectivity index (χ1) is 8.66. The molecule has 0 amide bonds. The number of carboxylic acids is 4. The number of aliphatic carboxylic acids is 4. The van der Waals surface area contributed by atoms with E-state index < -0.39 is 29.9 Å². The molecule has 9 nitrogen and oxygen atoms in total. The summed E-state index contributed by atoms with van der Waals surface area (Å²) < 4.78 is 0. The molecule has 0 aliphatic carbocycles. The molecule has 0 saturated heterocycles. The van der Waals surface area contributed by atoms with Crippen LogP contribution in [0.5, 0.6) is 0 Å². The fourth-order valence-electron chi connectivity index (χ4n) is 0.793. The number of hydrogen-bond donors (Lipinski definition) is 5. The Morgan fingerprint density at radius 3 is 1.42 bits per heavy atom. The molecule has 0 rings (SSSR count). The molecule has 9 heteroatoms. The molecule has 0 spiro atoms. The van der Waals surface area contributed by atoms with Gasteiger partial charge in [-0.1, -0.05) is 0 Å². The minimum Gasteiger partial charge on any atom is -0.481 e. The lowest BCUT2D eigenvalue weighted by Crippen LogP contribution is -2.30. The Hall–Kier alpha value is -2.16. The van der Waals surface area contributed by atoms with Gasteiger partial charge in [0.05, 0.1) is 0 Å². The van der Waals surface area contributed by atoms with E-state index in [0.29, 0.717) is 0 Å². The number of nitrogens with two attached hydrogens (primary N) is 1. The second-order valence-corrected chi connectivity index (χ2v) is 3.52. The summed E-state index contributed by atoms with van der Waals surface area (Å²) in [5.41, 5.74) is 5.00. The highest BCUT2D eigenvalue weighted by atomic mass is 16.4. The van der Waals surface area contributed by atoms with Crippen molar-refractivity contribution in [1.29, 1.82) is 0 Å². The lowest BCUT2D eigenvalue weighted by molar-refractivity contribution is -0.141. The normalized spacial score (nSPS) is 10.8. The molecular formula is C10H17NO8. The fourth-order valence-corrected chi connectivity index (χ4v) is 0.793. The van der Waals surface area contributed by atoms with Crippen LogP contribution in [-0.4, -0.2) is 50.3 Å². The van der Waals surface area contributed by atoms with Gasteiger partial charge < -0.3 is 26.2 Å². The molecule has 19 heavy (non-hydrogen) atoms. The zero-order valence-corrected chi connectivity index (χ0v) is 10.1. The van der Waals surface area contributed by atoms with E-state index in [2.05, 4.69) is 0 Å². The molecule has 0 aliphatic rings. The standard InChI is InChI=1S/C5H9NO4.C5H8O4/c6-3(5(9)10)1-2-4(7)8;6-4(7)2-1-3-5(8)9/h3H,1-2,6H2,(H,7,8)(H,9,10);1-3H2,(H,6,7)(H,8,9)/t3-;/m0./s1. The molecule has 0 bridgehead atoms. The molecule has 0 saturated carbocycles. The summed E-state index contributed by atoms with van der Waals surface area (Å²) in [5.74, 6) is -4.09. The minimum absolute atomic E-state index is 0.0231. The average Bonchev–Trinajstić information content (AvgIpc) is 2.25. The average molecular weight is 279 g/mol. The Kier molecular flexibility index (Phi) is 11.1. The first-order valence-electron chi connectivity index (χ1n) is 5.30. The highest BCUT2D eigenvalue weighted by Gasteiger charge is 2.12. The molecule has 0 aromatic carbocycles. The van der Waals surface area contributed by atoms with Gasteiger partial charge >= 0.3 is 23.9 Å². The van der Waals surface area contributed by atoms with E-state index in [0.717, 1.165) is 0 Å². The largest absolute Gasteiger partial charge is 0.481 e. The van der Waals surface area contributed by atoms with Gasteiger partial charge in [0.1, 0.15) is 6.04 Å². The topological polar surface area (TPSA) is 175 Å². The Labute approximate surface area is 108 Å². The van der Waals surface area contributed by atoms with Crippen molar-refractivity contribution in [2.75, 3.05) is 0 Å². The minimum atomic E-state index is -1.17. The van der Waals surface area contributed by atoms with Gasteiger partial charge in [-0.15, -0.1) is 0 Å². The molecule has 0 radical (unpaired) electrons. The van der Waals surface area contributed by atoms with E-state index in [1.165, 1.54) is 0 Å². The molecule has 0 aromatic rings. The van der Waals surface area contributed by atoms with Crippen molar-refractivity contribution >= 4 is 23.9 Å². The Morgan fingerprint density at radius 2 is 1.16 bits per heavy atom. The summed E-state index contributed by atoms with van der Waals surface area (Å²) in [6.07, 6.45) is -0.138. The molecule has 0 fully saturated rings. The lowest BCUT2D eigenvalue weighted by Gasteiger charge is -2.01. The van der Waals surface area contributed by atoms with Gasteiger partial charge in [-0.05, 0) is 12.8 Å². The van der Waals surface area contributed by atoms with E-state index in [1.807, 2.05) is 0 Å². The fraction of sp³-hybridized carbons (Fsp3) is 0.600. The molecule has 0 aromatic heterocycles. The maximum atomic E-state index is 9.99. The third-order valence-corrected chi connectivity index (χ3v) is 1.77. The molecule has 0 aliphatic heterocycles. The second kappa shape index (κ2) is 11.0. The zero-order valence-electron chi connectivity index (χ0n) is 10.1. The predicted molar refractivity (Wildman–Crippen MR) is 61.6 cm³/mol. The van der Waals surface area contributed by atoms with Gasteiger partial charge in [0.15, 0.2) is 0 Å². The Balaban J connectivity index is 0. The molecular weight excluding hydrogens is 262 g/mol. The first kappa shape index (κ1) is 19.2. The van der Waals surface area contributed by atoms with Crippen LogP contribution >= 0.6 is 0 Å². The van der Waals surface area contributed by atoms with Gasteiger partial charge in [-0.3, -0.25) is 19.2 Å². The summed E-state index contributed by atoms with van der Waals surface area (Å²) in [5, 5.41) is 32.3. The summed E-state index contributed by atoms with van der Waals surface area (Å²) in [4.78, 5) is 39.4. The van der Waals surface area contributed by atoms with Crippen molar-refractivity contribution in [2.24, 2.45) is 5.73 Å². The van der Waals surface area contributed by atoms with E-state index in [1.54, 1.807) is 0 Å². The summed E-state index contributed by atoms with van der Waals surface area (Å²) >= 11 is 0. The SMILES string of the molecule is N[C@@H](CCC(=O)O)C(=O)O.O=C(O)CCCC(=O)O. The van der Waals surface area contributed by atoms with E-state index in [9.17, 15) is 19.2 Å². The van der Waals surface area contributed by atoms with Crippen molar-refractivity contribution < 1.29 is 39.6 Å². The van der Waals surface area contributed by atoms with E-state index in [-0.39, 0.29) is 32.1 Å². The highest BCUT2D eigenvalue weighted by molar-refractivity contribution is 5.74. The van der Waals surface area contributed by atoms with Crippen molar-refractivity contribution in [2.45, 2.75) is 38.1 Å². The molecule has 0 unspecified atom stereocenters. The van der Waals surface area contributed by atoms with Crippen LogP contribution < -0.4 is 5.73 Å². The molecule has 6 N–H and O–H groups in total. The Morgan fingerprint density at radius 1 is 0.789 bits per heavy atom. The van der Waals surface area contributed by atoms with Crippen LogP contribution in [0.25, 0.3) is 0 Å². The van der Waals surface area contributed by atoms with Gasteiger partial charge in [0.2, 0.25) is 0 Å². The second-order valence-electron chi connectivity index (χ2n) is 3.52. The lowest BCUT2D eigenvalue weighted by atomic mass is 10.2. The van der Waals surface area contributed by atoms with Crippen LogP contribution in [0.4, 0.5) is 0 Å². The number of hydrogen-bond acceptors (Lipinski definition) is 5. The number of carboxylic acid groups (broad SMARTS) is 4. The van der Waals surface area contributed by atoms with Gasteiger partial charge in [-0.2, -0.15) is 0 Å². The highest BCUT2D eigenvalue weighted by Crippen LogP contribution is 1.94. The van der Waals surface area contributed by atoms with E-state index in [4.69, 9.17) is 26.2 Å². The maximum absolute atomic E-state index is 9.99. The third kappa shape index (κ3) is 18.4. The quantitative estimate of drug-likeness (QED) is 0.395. The van der Waals surface area contributed by atoms with Gasteiger partial charge in [-0.25, -0.2) is 0 Å². The van der Waals surface area contributed by atoms with Gasteiger partial charge in [0, 0.05) is 19.3 Å². The van der Waals surface area contributed by atoms with Crippen molar-refractivity contribution in [3.8, 4) is 0 Å². The molecule has 0 heterocycles.